The first-order valence-electron chi connectivity index (χ1n) is 5.81. The number of aromatic nitrogens is 4. The van der Waals surface area contributed by atoms with E-state index in [-0.39, 0.29) is 6.10 Å². The van der Waals surface area contributed by atoms with Gasteiger partial charge in [0.1, 0.15) is 17.5 Å². The van der Waals surface area contributed by atoms with Crippen molar-refractivity contribution < 1.29 is 9.26 Å². The minimum Gasteiger partial charge on any atom is -0.383 e. The lowest BCUT2D eigenvalue weighted by molar-refractivity contribution is 0.0854. The normalized spacial score (nSPS) is 12.8. The summed E-state index contributed by atoms with van der Waals surface area (Å²) < 4.78 is 12.1. The Morgan fingerprint density at radius 3 is 2.89 bits per heavy atom. The Morgan fingerprint density at radius 2 is 2.33 bits per heavy atom. The topological polar surface area (TPSA) is 92.0 Å². The number of methoxy groups -OCH3 is 1. The molecule has 2 heterocycles. The van der Waals surface area contributed by atoms with Crippen LogP contribution in [0.2, 0.25) is 0 Å². The van der Waals surface area contributed by atoms with Crippen LogP contribution >= 0.6 is 0 Å². The largest absolute Gasteiger partial charge is 0.383 e. The number of nitrogens with zero attached hydrogens (tertiary/aromatic N) is 4. The molecule has 2 aromatic rings. The van der Waals surface area contributed by atoms with Crippen LogP contribution in [0, 0.1) is 0 Å². The van der Waals surface area contributed by atoms with Crippen LogP contribution in [0.25, 0.3) is 11.5 Å². The third-order valence-corrected chi connectivity index (χ3v) is 2.78. The van der Waals surface area contributed by atoms with Crippen LogP contribution in [0.4, 0.5) is 5.82 Å². The van der Waals surface area contributed by atoms with Crippen molar-refractivity contribution >= 4 is 5.82 Å². The van der Waals surface area contributed by atoms with Gasteiger partial charge in [0.2, 0.25) is 5.82 Å². The molecule has 0 aliphatic carbocycles. The number of rotatable bonds is 5. The zero-order valence-corrected chi connectivity index (χ0v) is 10.8. The number of hydrogen-bond donors (Lipinski definition) is 1. The van der Waals surface area contributed by atoms with E-state index in [4.69, 9.17) is 15.0 Å². The molecule has 0 fully saturated rings. The van der Waals surface area contributed by atoms with Crippen molar-refractivity contribution in [2.75, 3.05) is 12.8 Å². The SMILES string of the molecule is CCCC(OC)c1noc(-c2cnn(C)c2N)n1. The second-order valence-corrected chi connectivity index (χ2v) is 4.04. The van der Waals surface area contributed by atoms with Gasteiger partial charge in [-0.15, -0.1) is 0 Å². The van der Waals surface area contributed by atoms with Gasteiger partial charge in [-0.05, 0) is 6.42 Å². The maximum absolute atomic E-state index is 5.85. The van der Waals surface area contributed by atoms with Gasteiger partial charge in [0.05, 0.1) is 6.20 Å². The molecule has 18 heavy (non-hydrogen) atoms. The van der Waals surface area contributed by atoms with Crippen molar-refractivity contribution in [1.82, 2.24) is 19.9 Å². The van der Waals surface area contributed by atoms with Gasteiger partial charge in [0.15, 0.2) is 0 Å². The number of nitrogens with two attached hydrogens (primary N) is 1. The molecule has 0 spiro atoms. The van der Waals surface area contributed by atoms with Gasteiger partial charge in [-0.2, -0.15) is 10.1 Å². The van der Waals surface area contributed by atoms with Crippen LogP contribution in [0.15, 0.2) is 10.7 Å². The predicted octanol–water partition coefficient (Wildman–Crippen LogP) is 1.54. The Bertz CT molecular complexity index is 519. The average Bonchev–Trinajstić information content (AvgIpc) is 2.95. The number of nitrogen functional groups attached to an aromatic ring is 1. The molecule has 0 amide bonds. The van der Waals surface area contributed by atoms with Crippen molar-refractivity contribution in [2.45, 2.75) is 25.9 Å². The second-order valence-electron chi connectivity index (χ2n) is 4.04. The first-order chi connectivity index (χ1) is 8.67. The quantitative estimate of drug-likeness (QED) is 0.866. The number of hydrogen-bond acceptors (Lipinski definition) is 6. The Hall–Kier alpha value is -1.89. The van der Waals surface area contributed by atoms with Crippen molar-refractivity contribution in [3.63, 3.8) is 0 Å². The molecule has 7 heteroatoms. The smallest absolute Gasteiger partial charge is 0.263 e. The highest BCUT2D eigenvalue weighted by atomic mass is 16.5. The van der Waals surface area contributed by atoms with Crippen molar-refractivity contribution in [2.24, 2.45) is 7.05 Å². The van der Waals surface area contributed by atoms with Crippen molar-refractivity contribution in [3.8, 4) is 11.5 Å². The first kappa shape index (κ1) is 12.6. The maximum Gasteiger partial charge on any atom is 0.263 e. The molecule has 0 aliphatic heterocycles. The molecule has 1 atom stereocenters. The molecule has 1 unspecified atom stereocenters. The fourth-order valence-electron chi connectivity index (χ4n) is 1.70. The third-order valence-electron chi connectivity index (χ3n) is 2.78. The summed E-state index contributed by atoms with van der Waals surface area (Å²) in [5.41, 5.74) is 6.49. The molecule has 0 radical (unpaired) electrons. The fourth-order valence-corrected chi connectivity index (χ4v) is 1.70. The van der Waals surface area contributed by atoms with E-state index in [0.717, 1.165) is 12.8 Å². The van der Waals surface area contributed by atoms with Gasteiger partial charge in [0, 0.05) is 14.2 Å². The summed E-state index contributed by atoms with van der Waals surface area (Å²) in [5.74, 6) is 1.40. The van der Waals surface area contributed by atoms with E-state index >= 15 is 0 Å². The monoisotopic (exact) mass is 251 g/mol. The lowest BCUT2D eigenvalue weighted by atomic mass is 10.2. The fraction of sp³-hybridized carbons (Fsp3) is 0.545. The maximum atomic E-state index is 5.85. The number of aryl methyl sites for hydroxylation is 1. The van der Waals surface area contributed by atoms with Crippen LogP contribution in [-0.4, -0.2) is 27.0 Å². The van der Waals surface area contributed by atoms with Gasteiger partial charge in [-0.1, -0.05) is 18.5 Å². The molecule has 2 aromatic heterocycles. The lowest BCUT2D eigenvalue weighted by Crippen LogP contribution is -2.03. The minimum absolute atomic E-state index is 0.148. The average molecular weight is 251 g/mol. The zero-order valence-electron chi connectivity index (χ0n) is 10.8. The highest BCUT2D eigenvalue weighted by molar-refractivity contribution is 5.66. The Balaban J connectivity index is 2.27. The van der Waals surface area contributed by atoms with E-state index in [2.05, 4.69) is 22.2 Å². The summed E-state index contributed by atoms with van der Waals surface area (Å²) in [7, 11) is 3.39. The molecule has 2 N–H and O–H groups in total. The highest BCUT2D eigenvalue weighted by Crippen LogP contribution is 2.26. The van der Waals surface area contributed by atoms with Gasteiger partial charge < -0.3 is 15.0 Å². The Kier molecular flexibility index (Phi) is 3.61. The summed E-state index contributed by atoms with van der Waals surface area (Å²) in [6, 6.07) is 0. The zero-order chi connectivity index (χ0) is 13.1. The summed E-state index contributed by atoms with van der Waals surface area (Å²) in [6.07, 6.45) is 3.29. The molecular formula is C11H17N5O2. The molecule has 0 aromatic carbocycles. The van der Waals surface area contributed by atoms with Gasteiger partial charge >= 0.3 is 0 Å². The summed E-state index contributed by atoms with van der Waals surface area (Å²) in [4.78, 5) is 4.31. The van der Waals surface area contributed by atoms with Crippen LogP contribution < -0.4 is 5.73 Å². The number of ether oxygens (including phenoxy) is 1. The minimum atomic E-state index is -0.148. The Labute approximate surface area is 105 Å². The third kappa shape index (κ3) is 2.21. The summed E-state index contributed by atoms with van der Waals surface area (Å²) in [6.45, 7) is 2.08. The second kappa shape index (κ2) is 5.18. The molecule has 0 saturated heterocycles. The van der Waals surface area contributed by atoms with E-state index in [0.29, 0.717) is 23.1 Å². The lowest BCUT2D eigenvalue weighted by Gasteiger charge is -2.08. The van der Waals surface area contributed by atoms with Crippen molar-refractivity contribution in [1.29, 1.82) is 0 Å². The summed E-state index contributed by atoms with van der Waals surface area (Å²) >= 11 is 0. The van der Waals surface area contributed by atoms with Gasteiger partial charge in [-0.3, -0.25) is 4.68 Å². The first-order valence-corrected chi connectivity index (χ1v) is 5.81. The van der Waals surface area contributed by atoms with Crippen LogP contribution in [0.1, 0.15) is 31.7 Å². The molecular weight excluding hydrogens is 234 g/mol. The standard InChI is InChI=1S/C11H17N5O2/c1-4-5-8(17-3)10-14-11(18-15-10)7-6-13-16(2)9(7)12/h6,8H,4-5,12H2,1-3H3. The molecule has 0 bridgehead atoms. The van der Waals surface area contributed by atoms with Crippen LogP contribution in [0.3, 0.4) is 0 Å². The number of anilines is 1. The molecule has 98 valence electrons. The van der Waals surface area contributed by atoms with E-state index in [1.165, 1.54) is 0 Å². The summed E-state index contributed by atoms with van der Waals surface area (Å²) in [5, 5.41) is 7.96. The van der Waals surface area contributed by atoms with E-state index < -0.39 is 0 Å². The van der Waals surface area contributed by atoms with E-state index in [1.807, 2.05) is 0 Å². The Morgan fingerprint density at radius 1 is 1.56 bits per heavy atom. The highest BCUT2D eigenvalue weighted by Gasteiger charge is 2.20. The van der Waals surface area contributed by atoms with E-state index in [1.54, 1.807) is 25.0 Å². The predicted molar refractivity (Wildman–Crippen MR) is 65.6 cm³/mol. The van der Waals surface area contributed by atoms with Gasteiger partial charge in [0.25, 0.3) is 5.89 Å². The van der Waals surface area contributed by atoms with E-state index in [9.17, 15) is 0 Å². The van der Waals surface area contributed by atoms with Gasteiger partial charge in [-0.25, -0.2) is 0 Å². The van der Waals surface area contributed by atoms with Crippen LogP contribution in [0.5, 0.6) is 0 Å². The van der Waals surface area contributed by atoms with Crippen molar-refractivity contribution in [3.05, 3.63) is 12.0 Å². The molecule has 0 aliphatic rings. The molecule has 2 rings (SSSR count). The van der Waals surface area contributed by atoms with Crippen LogP contribution in [-0.2, 0) is 11.8 Å². The molecule has 0 saturated carbocycles. The molecule has 7 nitrogen and oxygen atoms in total.